The lowest BCUT2D eigenvalue weighted by atomic mass is 10.1. The fourth-order valence-corrected chi connectivity index (χ4v) is 2.95. The number of rotatable bonds is 8. The van der Waals surface area contributed by atoms with Gasteiger partial charge in [0.2, 0.25) is 0 Å². The average molecular weight is 349 g/mol. The summed E-state index contributed by atoms with van der Waals surface area (Å²) in [4.78, 5) is 10.9. The van der Waals surface area contributed by atoms with E-state index in [0.717, 1.165) is 42.4 Å². The molecule has 0 aliphatic rings. The Hall–Kier alpha value is -2.92. The Morgan fingerprint density at radius 1 is 0.808 bits per heavy atom. The van der Waals surface area contributed by atoms with Crippen LogP contribution in [0.5, 0.6) is 11.5 Å². The van der Waals surface area contributed by atoms with Crippen LogP contribution < -0.4 is 9.47 Å². The van der Waals surface area contributed by atoms with E-state index in [1.165, 1.54) is 5.56 Å². The van der Waals surface area contributed by atoms with Gasteiger partial charge in [0, 0.05) is 43.8 Å². The summed E-state index contributed by atoms with van der Waals surface area (Å²) < 4.78 is 11.0. The molecule has 0 aliphatic carbocycles. The van der Waals surface area contributed by atoms with Gasteiger partial charge in [-0.25, -0.2) is 0 Å². The molecular weight excluding hydrogens is 326 g/mol. The Morgan fingerprint density at radius 2 is 1.65 bits per heavy atom. The third kappa shape index (κ3) is 4.58. The monoisotopic (exact) mass is 349 g/mol. The Morgan fingerprint density at radius 3 is 2.35 bits per heavy atom. The maximum Gasteiger partial charge on any atom is 0.165 e. The van der Waals surface area contributed by atoms with E-state index in [9.17, 15) is 0 Å². The Kier molecular flexibility index (Phi) is 6.17. The standard InChI is InChI=1S/C21H23N3O2/c1-25-20-8-5-6-18(21(20)26-2)15-24(14-17-9-12-22-13-10-17)16-19-7-3-4-11-23-19/h3-13H,14-16H2,1-2H3. The van der Waals surface area contributed by atoms with Crippen molar-refractivity contribution >= 4 is 0 Å². The Labute approximate surface area is 154 Å². The Bertz CT molecular complexity index is 768. The summed E-state index contributed by atoms with van der Waals surface area (Å²) in [6, 6.07) is 16.0. The summed E-state index contributed by atoms with van der Waals surface area (Å²) >= 11 is 0. The molecule has 5 heteroatoms. The van der Waals surface area contributed by atoms with Crippen LogP contribution in [0.3, 0.4) is 0 Å². The molecule has 26 heavy (non-hydrogen) atoms. The quantitative estimate of drug-likeness (QED) is 0.621. The number of hydrogen-bond acceptors (Lipinski definition) is 5. The first-order valence-electron chi connectivity index (χ1n) is 8.51. The van der Waals surface area contributed by atoms with E-state index in [4.69, 9.17) is 9.47 Å². The molecule has 0 N–H and O–H groups in total. The van der Waals surface area contributed by atoms with Gasteiger partial charge in [-0.15, -0.1) is 0 Å². The summed E-state index contributed by atoms with van der Waals surface area (Å²) in [5, 5.41) is 0. The van der Waals surface area contributed by atoms with Gasteiger partial charge in [0.05, 0.1) is 19.9 Å². The molecule has 0 saturated carbocycles. The third-order valence-electron chi connectivity index (χ3n) is 4.15. The number of pyridine rings is 2. The van der Waals surface area contributed by atoms with Crippen molar-refractivity contribution in [2.45, 2.75) is 19.6 Å². The van der Waals surface area contributed by atoms with Crippen LogP contribution in [0.2, 0.25) is 0 Å². The highest BCUT2D eigenvalue weighted by Gasteiger charge is 2.15. The predicted molar refractivity (Wildman–Crippen MR) is 101 cm³/mol. The van der Waals surface area contributed by atoms with Gasteiger partial charge in [-0.1, -0.05) is 18.2 Å². The largest absolute Gasteiger partial charge is 0.493 e. The predicted octanol–water partition coefficient (Wildman–Crippen LogP) is 3.70. The summed E-state index contributed by atoms with van der Waals surface area (Å²) in [5.41, 5.74) is 3.32. The van der Waals surface area contributed by atoms with E-state index < -0.39 is 0 Å². The van der Waals surface area contributed by atoms with Crippen LogP contribution in [0.1, 0.15) is 16.8 Å². The number of ether oxygens (including phenoxy) is 2. The van der Waals surface area contributed by atoms with Gasteiger partial charge < -0.3 is 9.47 Å². The van der Waals surface area contributed by atoms with Crippen molar-refractivity contribution in [1.82, 2.24) is 14.9 Å². The molecule has 0 saturated heterocycles. The van der Waals surface area contributed by atoms with E-state index in [0.29, 0.717) is 0 Å². The normalized spacial score (nSPS) is 10.7. The second-order valence-corrected chi connectivity index (χ2v) is 5.97. The molecule has 0 radical (unpaired) electrons. The minimum Gasteiger partial charge on any atom is -0.493 e. The minimum absolute atomic E-state index is 0.721. The van der Waals surface area contributed by atoms with Crippen LogP contribution in [0, 0.1) is 0 Å². The van der Waals surface area contributed by atoms with Crippen molar-refractivity contribution in [3.63, 3.8) is 0 Å². The second kappa shape index (κ2) is 8.97. The minimum atomic E-state index is 0.721. The van der Waals surface area contributed by atoms with E-state index in [-0.39, 0.29) is 0 Å². The smallest absolute Gasteiger partial charge is 0.165 e. The van der Waals surface area contributed by atoms with Gasteiger partial charge in [-0.3, -0.25) is 14.9 Å². The summed E-state index contributed by atoms with van der Waals surface area (Å²) in [7, 11) is 3.33. The molecule has 2 aromatic heterocycles. The molecule has 0 fully saturated rings. The van der Waals surface area contributed by atoms with E-state index in [1.54, 1.807) is 14.2 Å². The Balaban J connectivity index is 1.86. The number of aromatic nitrogens is 2. The highest BCUT2D eigenvalue weighted by atomic mass is 16.5. The number of hydrogen-bond donors (Lipinski definition) is 0. The van der Waals surface area contributed by atoms with Gasteiger partial charge in [-0.2, -0.15) is 0 Å². The second-order valence-electron chi connectivity index (χ2n) is 5.97. The molecule has 0 bridgehead atoms. The van der Waals surface area contributed by atoms with Crippen LogP contribution in [0.15, 0.2) is 67.1 Å². The van der Waals surface area contributed by atoms with Crippen LogP contribution in [-0.2, 0) is 19.6 Å². The van der Waals surface area contributed by atoms with Gasteiger partial charge in [0.15, 0.2) is 11.5 Å². The van der Waals surface area contributed by atoms with Gasteiger partial charge in [-0.05, 0) is 35.9 Å². The first-order chi connectivity index (χ1) is 12.8. The van der Waals surface area contributed by atoms with Crippen molar-refractivity contribution in [3.8, 4) is 11.5 Å². The molecule has 3 aromatic rings. The highest BCUT2D eigenvalue weighted by Crippen LogP contribution is 2.32. The number of benzene rings is 1. The van der Waals surface area contributed by atoms with Crippen LogP contribution >= 0.6 is 0 Å². The van der Waals surface area contributed by atoms with E-state index in [2.05, 4.69) is 20.9 Å². The fourth-order valence-electron chi connectivity index (χ4n) is 2.95. The SMILES string of the molecule is COc1cccc(CN(Cc2ccncc2)Cc2ccccn2)c1OC. The zero-order valence-corrected chi connectivity index (χ0v) is 15.1. The maximum atomic E-state index is 5.59. The third-order valence-corrected chi connectivity index (χ3v) is 4.15. The fraction of sp³-hybridized carbons (Fsp3) is 0.238. The molecule has 0 atom stereocenters. The van der Waals surface area contributed by atoms with Crippen LogP contribution in [-0.4, -0.2) is 29.1 Å². The molecule has 2 heterocycles. The molecule has 3 rings (SSSR count). The van der Waals surface area contributed by atoms with Crippen molar-refractivity contribution in [3.05, 3.63) is 83.9 Å². The molecule has 1 aromatic carbocycles. The summed E-state index contributed by atoms with van der Waals surface area (Å²) in [5.74, 6) is 1.52. The van der Waals surface area contributed by atoms with Crippen molar-refractivity contribution in [1.29, 1.82) is 0 Å². The van der Waals surface area contributed by atoms with Crippen molar-refractivity contribution in [2.75, 3.05) is 14.2 Å². The van der Waals surface area contributed by atoms with Crippen LogP contribution in [0.4, 0.5) is 0 Å². The molecule has 0 unspecified atom stereocenters. The molecule has 0 aliphatic heterocycles. The molecule has 0 spiro atoms. The number of methoxy groups -OCH3 is 2. The zero-order chi connectivity index (χ0) is 18.2. The first kappa shape index (κ1) is 17.9. The number of para-hydroxylation sites is 1. The summed E-state index contributed by atoms with van der Waals surface area (Å²) in [6.45, 7) is 2.25. The van der Waals surface area contributed by atoms with Crippen molar-refractivity contribution in [2.24, 2.45) is 0 Å². The van der Waals surface area contributed by atoms with E-state index >= 15 is 0 Å². The van der Waals surface area contributed by atoms with Gasteiger partial charge in [0.25, 0.3) is 0 Å². The highest BCUT2D eigenvalue weighted by molar-refractivity contribution is 5.46. The lowest BCUT2D eigenvalue weighted by molar-refractivity contribution is 0.239. The number of nitrogens with zero attached hydrogens (tertiary/aromatic N) is 3. The lowest BCUT2D eigenvalue weighted by Crippen LogP contribution is -2.23. The lowest BCUT2D eigenvalue weighted by Gasteiger charge is -2.24. The zero-order valence-electron chi connectivity index (χ0n) is 15.1. The van der Waals surface area contributed by atoms with Crippen molar-refractivity contribution < 1.29 is 9.47 Å². The first-order valence-corrected chi connectivity index (χ1v) is 8.51. The summed E-state index contributed by atoms with van der Waals surface area (Å²) in [6.07, 6.45) is 5.47. The topological polar surface area (TPSA) is 47.5 Å². The van der Waals surface area contributed by atoms with Gasteiger partial charge in [0.1, 0.15) is 0 Å². The molecule has 134 valence electrons. The molecular formula is C21H23N3O2. The van der Waals surface area contributed by atoms with Gasteiger partial charge >= 0.3 is 0 Å². The average Bonchev–Trinajstić information content (AvgIpc) is 2.69. The maximum absolute atomic E-state index is 5.59. The molecule has 5 nitrogen and oxygen atoms in total. The van der Waals surface area contributed by atoms with Crippen LogP contribution in [0.25, 0.3) is 0 Å². The molecule has 0 amide bonds. The van der Waals surface area contributed by atoms with E-state index in [1.807, 2.05) is 61.1 Å².